The van der Waals surface area contributed by atoms with Gasteiger partial charge in [0.15, 0.2) is 0 Å². The van der Waals surface area contributed by atoms with E-state index in [1.165, 1.54) is 24.6 Å². The maximum Gasteiger partial charge on any atom is 0.316 e. The Morgan fingerprint density at radius 1 is 1.27 bits per heavy atom. The van der Waals surface area contributed by atoms with Gasteiger partial charge in [-0.25, -0.2) is 9.97 Å². The molecular weight excluding hydrogens is 350 g/mol. The third-order valence-electron chi connectivity index (χ3n) is 4.15. The number of hydrogen-bond donors (Lipinski definition) is 2. The van der Waals surface area contributed by atoms with E-state index in [0.717, 1.165) is 11.4 Å². The molecule has 1 unspecified atom stereocenters. The molecule has 1 aromatic carbocycles. The van der Waals surface area contributed by atoms with Crippen molar-refractivity contribution < 1.29 is 14.7 Å². The highest BCUT2D eigenvalue weighted by Gasteiger charge is 2.26. The fourth-order valence-electron chi connectivity index (χ4n) is 2.46. The molecule has 1 aliphatic carbocycles. The van der Waals surface area contributed by atoms with Gasteiger partial charge in [0.2, 0.25) is 0 Å². The number of carbonyl (C=O) groups is 2. The summed E-state index contributed by atoms with van der Waals surface area (Å²) in [6, 6.07) is 7.05. The minimum atomic E-state index is -0.903. The molecule has 1 fully saturated rings. The van der Waals surface area contributed by atoms with Crippen molar-refractivity contribution in [3.05, 3.63) is 53.6 Å². The standard InChI is InChI=1S/C19H21N3O3S/c1-12(19(24)25)26-16-5-3-2-4-15(16)18(23)20-9-8-13-10-21-17(22-11-13)14-6-7-14/h2-5,10-12,14H,6-9H2,1H3,(H,20,23)(H,24,25). The van der Waals surface area contributed by atoms with E-state index in [1.54, 1.807) is 31.2 Å². The van der Waals surface area contributed by atoms with Crippen molar-refractivity contribution in [2.24, 2.45) is 0 Å². The summed E-state index contributed by atoms with van der Waals surface area (Å²) in [4.78, 5) is 32.9. The molecule has 7 heteroatoms. The van der Waals surface area contributed by atoms with Gasteiger partial charge in [-0.2, -0.15) is 0 Å². The predicted octanol–water partition coefficient (Wildman–Crippen LogP) is 2.89. The number of nitrogens with zero attached hydrogens (tertiary/aromatic N) is 2. The quantitative estimate of drug-likeness (QED) is 0.693. The van der Waals surface area contributed by atoms with Crippen LogP contribution in [0.4, 0.5) is 0 Å². The van der Waals surface area contributed by atoms with E-state index in [-0.39, 0.29) is 5.91 Å². The highest BCUT2D eigenvalue weighted by molar-refractivity contribution is 8.00. The number of hydrogen-bond acceptors (Lipinski definition) is 5. The van der Waals surface area contributed by atoms with Crippen LogP contribution >= 0.6 is 11.8 Å². The van der Waals surface area contributed by atoms with Crippen molar-refractivity contribution in [2.45, 2.75) is 42.2 Å². The van der Waals surface area contributed by atoms with E-state index in [4.69, 9.17) is 5.11 Å². The van der Waals surface area contributed by atoms with Crippen molar-refractivity contribution in [1.82, 2.24) is 15.3 Å². The highest BCUT2D eigenvalue weighted by Crippen LogP contribution is 2.37. The molecular formula is C19H21N3O3S. The number of carboxylic acid groups (broad SMARTS) is 1. The van der Waals surface area contributed by atoms with Gasteiger partial charge in [0.25, 0.3) is 5.91 Å². The minimum absolute atomic E-state index is 0.207. The summed E-state index contributed by atoms with van der Waals surface area (Å²) in [7, 11) is 0. The molecule has 1 atom stereocenters. The normalized spacial score (nSPS) is 14.7. The zero-order valence-corrected chi connectivity index (χ0v) is 15.3. The third-order valence-corrected chi connectivity index (χ3v) is 5.32. The Kier molecular flexibility index (Phi) is 5.88. The number of aliphatic carboxylic acids is 1. The monoisotopic (exact) mass is 371 g/mol. The van der Waals surface area contributed by atoms with E-state index < -0.39 is 11.2 Å². The van der Waals surface area contributed by atoms with E-state index in [0.29, 0.717) is 29.3 Å². The minimum Gasteiger partial charge on any atom is -0.480 e. The number of carbonyl (C=O) groups excluding carboxylic acids is 1. The summed E-state index contributed by atoms with van der Waals surface area (Å²) in [5.41, 5.74) is 1.47. The van der Waals surface area contributed by atoms with Crippen LogP contribution in [0.25, 0.3) is 0 Å². The van der Waals surface area contributed by atoms with Gasteiger partial charge < -0.3 is 10.4 Å². The molecule has 0 aliphatic heterocycles. The summed E-state index contributed by atoms with van der Waals surface area (Å²) in [6.45, 7) is 2.07. The van der Waals surface area contributed by atoms with Gasteiger partial charge in [0.05, 0.1) is 5.56 Å². The van der Waals surface area contributed by atoms with Crippen molar-refractivity contribution in [1.29, 1.82) is 0 Å². The molecule has 136 valence electrons. The second kappa shape index (κ2) is 8.31. The first-order valence-electron chi connectivity index (χ1n) is 8.62. The Balaban J connectivity index is 1.55. The van der Waals surface area contributed by atoms with Crippen LogP contribution in [0.5, 0.6) is 0 Å². The lowest BCUT2D eigenvalue weighted by atomic mass is 10.2. The van der Waals surface area contributed by atoms with Crippen LogP contribution in [0.1, 0.15) is 47.4 Å². The average molecular weight is 371 g/mol. The largest absolute Gasteiger partial charge is 0.480 e. The number of carboxylic acids is 1. The molecule has 0 radical (unpaired) electrons. The van der Waals surface area contributed by atoms with Gasteiger partial charge in [-0.15, -0.1) is 11.8 Å². The Hall–Kier alpha value is -2.41. The van der Waals surface area contributed by atoms with Crippen LogP contribution in [-0.4, -0.2) is 38.7 Å². The van der Waals surface area contributed by atoms with Crippen LogP contribution < -0.4 is 5.32 Å². The number of amides is 1. The Bertz CT molecular complexity index is 791. The van der Waals surface area contributed by atoms with E-state index in [9.17, 15) is 9.59 Å². The van der Waals surface area contributed by atoms with Crippen LogP contribution in [0.15, 0.2) is 41.6 Å². The molecule has 0 bridgehead atoms. The number of rotatable bonds is 8. The molecule has 1 aromatic heterocycles. The van der Waals surface area contributed by atoms with E-state index in [2.05, 4.69) is 15.3 Å². The summed E-state index contributed by atoms with van der Waals surface area (Å²) in [5, 5.41) is 11.3. The lowest BCUT2D eigenvalue weighted by Gasteiger charge is -2.12. The van der Waals surface area contributed by atoms with Crippen LogP contribution in [0.3, 0.4) is 0 Å². The Labute approximate surface area is 156 Å². The van der Waals surface area contributed by atoms with Crippen molar-refractivity contribution in [2.75, 3.05) is 6.54 Å². The predicted molar refractivity (Wildman–Crippen MR) is 99.4 cm³/mol. The molecule has 3 rings (SSSR count). The number of nitrogens with one attached hydrogen (secondary N) is 1. The summed E-state index contributed by atoms with van der Waals surface area (Å²) >= 11 is 1.17. The molecule has 0 saturated heterocycles. The zero-order chi connectivity index (χ0) is 18.5. The fraction of sp³-hybridized carbons (Fsp3) is 0.368. The number of aromatic nitrogens is 2. The average Bonchev–Trinajstić information content (AvgIpc) is 3.47. The van der Waals surface area contributed by atoms with Crippen LogP contribution in [0, 0.1) is 0 Å². The van der Waals surface area contributed by atoms with Crippen LogP contribution in [0.2, 0.25) is 0 Å². The van der Waals surface area contributed by atoms with Gasteiger partial charge in [-0.05, 0) is 43.9 Å². The molecule has 2 aromatic rings. The SMILES string of the molecule is CC(Sc1ccccc1C(=O)NCCc1cnc(C2CC2)nc1)C(=O)O. The number of thioether (sulfide) groups is 1. The molecule has 1 aliphatic rings. The topological polar surface area (TPSA) is 92.2 Å². The molecule has 1 amide bonds. The van der Waals surface area contributed by atoms with Gasteiger partial charge >= 0.3 is 5.97 Å². The maximum atomic E-state index is 12.5. The van der Waals surface area contributed by atoms with Crippen LogP contribution in [-0.2, 0) is 11.2 Å². The first kappa shape index (κ1) is 18.4. The van der Waals surface area contributed by atoms with Crippen molar-refractivity contribution >= 4 is 23.6 Å². The molecule has 1 saturated carbocycles. The van der Waals surface area contributed by atoms with Gasteiger partial charge in [-0.3, -0.25) is 9.59 Å². The molecule has 0 spiro atoms. The second-order valence-electron chi connectivity index (χ2n) is 6.32. The van der Waals surface area contributed by atoms with E-state index in [1.807, 2.05) is 12.4 Å². The zero-order valence-electron chi connectivity index (χ0n) is 14.5. The maximum absolute atomic E-state index is 12.5. The fourth-order valence-corrected chi connectivity index (χ4v) is 3.39. The summed E-state index contributed by atoms with van der Waals surface area (Å²) in [5.74, 6) is 0.336. The van der Waals surface area contributed by atoms with E-state index >= 15 is 0 Å². The second-order valence-corrected chi connectivity index (χ2v) is 7.71. The molecule has 6 nitrogen and oxygen atoms in total. The van der Waals surface area contributed by atoms with Gasteiger partial charge in [0.1, 0.15) is 11.1 Å². The van der Waals surface area contributed by atoms with Crippen molar-refractivity contribution in [3.63, 3.8) is 0 Å². The summed E-state index contributed by atoms with van der Waals surface area (Å²) < 4.78 is 0. The third kappa shape index (κ3) is 4.82. The summed E-state index contributed by atoms with van der Waals surface area (Å²) in [6.07, 6.45) is 6.65. The molecule has 1 heterocycles. The Morgan fingerprint density at radius 3 is 2.62 bits per heavy atom. The highest BCUT2D eigenvalue weighted by atomic mass is 32.2. The first-order valence-corrected chi connectivity index (χ1v) is 9.50. The Morgan fingerprint density at radius 2 is 1.96 bits per heavy atom. The van der Waals surface area contributed by atoms with Gasteiger partial charge in [-0.1, -0.05) is 12.1 Å². The lowest BCUT2D eigenvalue weighted by Crippen LogP contribution is -2.26. The first-order chi connectivity index (χ1) is 12.5. The molecule has 26 heavy (non-hydrogen) atoms. The van der Waals surface area contributed by atoms with Crippen molar-refractivity contribution in [3.8, 4) is 0 Å². The smallest absolute Gasteiger partial charge is 0.316 e. The van der Waals surface area contributed by atoms with Gasteiger partial charge in [0, 0.05) is 29.8 Å². The number of benzene rings is 1. The molecule has 2 N–H and O–H groups in total. The lowest BCUT2D eigenvalue weighted by molar-refractivity contribution is -0.136.